The molecular weight excluding hydrogens is 324 g/mol. The van der Waals surface area contributed by atoms with Gasteiger partial charge in [0.05, 0.1) is 0 Å². The highest BCUT2D eigenvalue weighted by atomic mass is 35.5. The fourth-order valence-corrected chi connectivity index (χ4v) is 2.97. The van der Waals surface area contributed by atoms with Gasteiger partial charge in [-0.1, -0.05) is 35.4 Å². The second-order valence-electron chi connectivity index (χ2n) is 5.98. The van der Waals surface area contributed by atoms with Crippen LogP contribution in [0.1, 0.15) is 28.8 Å². The number of anilines is 1. The second-order valence-corrected chi connectivity index (χ2v) is 6.42. The van der Waals surface area contributed by atoms with Gasteiger partial charge in [0.25, 0.3) is 5.91 Å². The number of nitrogens with zero attached hydrogens (tertiary/aromatic N) is 2. The van der Waals surface area contributed by atoms with Crippen LogP contribution in [0.2, 0.25) is 5.02 Å². The van der Waals surface area contributed by atoms with Crippen molar-refractivity contribution < 1.29 is 9.59 Å². The molecule has 0 aromatic heterocycles. The lowest BCUT2D eigenvalue weighted by molar-refractivity contribution is -0.127. The van der Waals surface area contributed by atoms with E-state index in [1.165, 1.54) is 0 Å². The Balaban J connectivity index is 1.93. The zero-order chi connectivity index (χ0) is 17.1. The predicted octanol–water partition coefficient (Wildman–Crippen LogP) is 3.88. The van der Waals surface area contributed by atoms with Gasteiger partial charge in [-0.2, -0.15) is 0 Å². The van der Waals surface area contributed by atoms with E-state index in [2.05, 4.69) is 0 Å². The van der Waals surface area contributed by atoms with E-state index in [-0.39, 0.29) is 18.5 Å². The first kappa shape index (κ1) is 16.5. The maximum Gasteiger partial charge on any atom is 0.259 e. The van der Waals surface area contributed by atoms with E-state index in [9.17, 15) is 9.59 Å². The molecule has 5 heteroatoms. The SMILES string of the molecule is Cc1ccc(C(=O)N(CN2CCCC2=O)c2cccc(Cl)c2)cc1. The van der Waals surface area contributed by atoms with E-state index in [1.54, 1.807) is 40.1 Å². The van der Waals surface area contributed by atoms with Gasteiger partial charge in [-0.3, -0.25) is 14.5 Å². The summed E-state index contributed by atoms with van der Waals surface area (Å²) in [5.74, 6) is -0.0595. The Hall–Kier alpha value is -2.33. The summed E-state index contributed by atoms with van der Waals surface area (Å²) in [6.45, 7) is 2.90. The first-order valence-electron chi connectivity index (χ1n) is 7.96. The molecule has 124 valence electrons. The van der Waals surface area contributed by atoms with Crippen LogP contribution in [0.25, 0.3) is 0 Å². The zero-order valence-electron chi connectivity index (χ0n) is 13.5. The summed E-state index contributed by atoms with van der Waals surface area (Å²) < 4.78 is 0. The molecule has 4 nitrogen and oxygen atoms in total. The Morgan fingerprint density at radius 1 is 1.21 bits per heavy atom. The van der Waals surface area contributed by atoms with E-state index in [1.807, 2.05) is 25.1 Å². The third kappa shape index (κ3) is 3.60. The highest BCUT2D eigenvalue weighted by molar-refractivity contribution is 6.31. The number of aryl methyl sites for hydroxylation is 1. The van der Waals surface area contributed by atoms with Crippen LogP contribution in [0.3, 0.4) is 0 Å². The first-order valence-corrected chi connectivity index (χ1v) is 8.34. The smallest absolute Gasteiger partial charge is 0.259 e. The van der Waals surface area contributed by atoms with Crippen LogP contribution in [0.15, 0.2) is 48.5 Å². The second kappa shape index (κ2) is 7.05. The van der Waals surface area contributed by atoms with E-state index in [4.69, 9.17) is 11.6 Å². The quantitative estimate of drug-likeness (QED) is 0.846. The van der Waals surface area contributed by atoms with Gasteiger partial charge in [0, 0.05) is 29.2 Å². The monoisotopic (exact) mass is 342 g/mol. The van der Waals surface area contributed by atoms with Crippen molar-refractivity contribution in [3.63, 3.8) is 0 Å². The Morgan fingerprint density at radius 2 is 1.96 bits per heavy atom. The van der Waals surface area contributed by atoms with Crippen molar-refractivity contribution in [2.45, 2.75) is 19.8 Å². The van der Waals surface area contributed by atoms with Gasteiger partial charge >= 0.3 is 0 Å². The molecule has 1 aliphatic rings. The highest BCUT2D eigenvalue weighted by Crippen LogP contribution is 2.23. The third-order valence-corrected chi connectivity index (χ3v) is 4.38. The number of hydrogen-bond donors (Lipinski definition) is 0. The number of halogens is 1. The standard InChI is InChI=1S/C19H19ClN2O2/c1-14-7-9-15(10-8-14)19(24)22(13-21-11-3-6-18(21)23)17-5-2-4-16(20)12-17/h2,4-5,7-10,12H,3,6,11,13H2,1H3. The molecule has 0 spiro atoms. The van der Waals surface area contributed by atoms with Crippen molar-refractivity contribution >= 4 is 29.1 Å². The number of rotatable bonds is 4. The predicted molar refractivity (Wildman–Crippen MR) is 95.3 cm³/mol. The average Bonchev–Trinajstić information content (AvgIpc) is 2.97. The minimum Gasteiger partial charge on any atom is -0.324 e. The number of likely N-dealkylation sites (tertiary alicyclic amines) is 1. The van der Waals surface area contributed by atoms with Gasteiger partial charge in [0.2, 0.25) is 5.91 Å². The number of amides is 2. The molecule has 0 N–H and O–H groups in total. The fraction of sp³-hybridized carbons (Fsp3) is 0.263. The van der Waals surface area contributed by atoms with Gasteiger partial charge < -0.3 is 4.90 Å². The number of hydrogen-bond acceptors (Lipinski definition) is 2. The van der Waals surface area contributed by atoms with Crippen molar-refractivity contribution in [1.29, 1.82) is 0 Å². The molecule has 2 aromatic rings. The van der Waals surface area contributed by atoms with Crippen LogP contribution in [0.5, 0.6) is 0 Å². The van der Waals surface area contributed by atoms with Crippen LogP contribution in [-0.2, 0) is 4.79 Å². The van der Waals surface area contributed by atoms with Crippen LogP contribution in [-0.4, -0.2) is 29.9 Å². The normalized spacial score (nSPS) is 14.1. The number of benzene rings is 2. The molecule has 3 rings (SSSR count). The van der Waals surface area contributed by atoms with Crippen LogP contribution < -0.4 is 4.90 Å². The minimum atomic E-state index is -0.142. The number of carbonyl (C=O) groups is 2. The summed E-state index contributed by atoms with van der Waals surface area (Å²) >= 11 is 6.09. The van der Waals surface area contributed by atoms with Crippen molar-refractivity contribution in [2.24, 2.45) is 0 Å². The summed E-state index contributed by atoms with van der Waals surface area (Å²) in [5.41, 5.74) is 2.37. The first-order chi connectivity index (χ1) is 11.5. The van der Waals surface area contributed by atoms with Gasteiger partial charge in [-0.15, -0.1) is 0 Å². The molecule has 1 fully saturated rings. The van der Waals surface area contributed by atoms with E-state index < -0.39 is 0 Å². The maximum atomic E-state index is 13.0. The Kier molecular flexibility index (Phi) is 4.86. The summed E-state index contributed by atoms with van der Waals surface area (Å²) in [6.07, 6.45) is 1.38. The lowest BCUT2D eigenvalue weighted by Gasteiger charge is -2.28. The molecule has 1 saturated heterocycles. The molecule has 0 aliphatic carbocycles. The minimum absolute atomic E-state index is 0.0822. The number of carbonyl (C=O) groups excluding carboxylic acids is 2. The van der Waals surface area contributed by atoms with Crippen molar-refractivity contribution in [2.75, 3.05) is 18.1 Å². The van der Waals surface area contributed by atoms with Crippen LogP contribution >= 0.6 is 11.6 Å². The molecule has 0 unspecified atom stereocenters. The van der Waals surface area contributed by atoms with E-state index >= 15 is 0 Å². The van der Waals surface area contributed by atoms with E-state index in [0.29, 0.717) is 29.2 Å². The molecule has 0 bridgehead atoms. The maximum absolute atomic E-state index is 13.0. The Morgan fingerprint density at radius 3 is 2.58 bits per heavy atom. The average molecular weight is 343 g/mol. The van der Waals surface area contributed by atoms with Crippen molar-refractivity contribution in [3.8, 4) is 0 Å². The van der Waals surface area contributed by atoms with Gasteiger partial charge in [-0.05, 0) is 43.7 Å². The molecule has 0 radical (unpaired) electrons. The lowest BCUT2D eigenvalue weighted by atomic mass is 10.1. The molecule has 24 heavy (non-hydrogen) atoms. The molecule has 2 aromatic carbocycles. The largest absolute Gasteiger partial charge is 0.324 e. The molecule has 1 aliphatic heterocycles. The Labute approximate surface area is 146 Å². The van der Waals surface area contributed by atoms with Crippen LogP contribution in [0, 0.1) is 6.92 Å². The van der Waals surface area contributed by atoms with Gasteiger partial charge in [-0.25, -0.2) is 0 Å². The topological polar surface area (TPSA) is 40.6 Å². The van der Waals surface area contributed by atoms with Crippen LogP contribution in [0.4, 0.5) is 5.69 Å². The van der Waals surface area contributed by atoms with E-state index in [0.717, 1.165) is 12.0 Å². The summed E-state index contributed by atoms with van der Waals surface area (Å²) in [4.78, 5) is 28.3. The Bertz CT molecular complexity index is 758. The molecule has 0 atom stereocenters. The molecule has 2 amide bonds. The molecule has 1 heterocycles. The third-order valence-electron chi connectivity index (χ3n) is 4.15. The highest BCUT2D eigenvalue weighted by Gasteiger charge is 2.26. The lowest BCUT2D eigenvalue weighted by Crippen LogP contribution is -2.42. The summed E-state index contributed by atoms with van der Waals surface area (Å²) in [7, 11) is 0. The fourth-order valence-electron chi connectivity index (χ4n) is 2.78. The summed E-state index contributed by atoms with van der Waals surface area (Å²) in [6, 6.07) is 14.6. The molecular formula is C19H19ClN2O2. The zero-order valence-corrected chi connectivity index (χ0v) is 14.3. The van der Waals surface area contributed by atoms with Crippen molar-refractivity contribution in [1.82, 2.24) is 4.90 Å². The van der Waals surface area contributed by atoms with Gasteiger partial charge in [0.15, 0.2) is 0 Å². The summed E-state index contributed by atoms with van der Waals surface area (Å²) in [5, 5.41) is 0.557. The van der Waals surface area contributed by atoms with Crippen molar-refractivity contribution in [3.05, 3.63) is 64.7 Å². The van der Waals surface area contributed by atoms with Gasteiger partial charge in [0.1, 0.15) is 6.67 Å². The molecule has 0 saturated carbocycles.